The third kappa shape index (κ3) is 4.73. The first-order chi connectivity index (χ1) is 12.3. The molecule has 0 atom stereocenters. The van der Waals surface area contributed by atoms with Crippen LogP contribution in [0.25, 0.3) is 0 Å². The molecule has 5 heteroatoms. The molecule has 0 spiro atoms. The van der Waals surface area contributed by atoms with Crippen LogP contribution in [0, 0.1) is 0 Å². The summed E-state index contributed by atoms with van der Waals surface area (Å²) in [7, 11) is 3.34. The molecule has 1 heterocycles. The van der Waals surface area contributed by atoms with E-state index in [1.807, 2.05) is 24.4 Å². The van der Waals surface area contributed by atoms with Gasteiger partial charge in [0.05, 0.1) is 46.6 Å². The van der Waals surface area contributed by atoms with Crippen molar-refractivity contribution in [3.63, 3.8) is 0 Å². The molecule has 1 saturated heterocycles. The first-order valence-electron chi connectivity index (χ1n) is 8.67. The second-order valence-corrected chi connectivity index (χ2v) is 6.22. The molecule has 3 rings (SSSR count). The van der Waals surface area contributed by atoms with E-state index in [9.17, 15) is 0 Å². The van der Waals surface area contributed by atoms with E-state index in [0.717, 1.165) is 49.8 Å². The van der Waals surface area contributed by atoms with Crippen LogP contribution in [0.4, 0.5) is 0 Å². The van der Waals surface area contributed by atoms with Gasteiger partial charge in [-0.1, -0.05) is 30.3 Å². The van der Waals surface area contributed by atoms with Gasteiger partial charge in [-0.25, -0.2) is 0 Å². The van der Waals surface area contributed by atoms with Crippen molar-refractivity contribution in [3.05, 3.63) is 59.7 Å². The number of piperazine rings is 1. The van der Waals surface area contributed by atoms with Crippen molar-refractivity contribution in [2.75, 3.05) is 40.4 Å². The van der Waals surface area contributed by atoms with Crippen molar-refractivity contribution in [1.82, 2.24) is 5.01 Å². The molecular formula is C20H26N3O2+. The maximum absolute atomic E-state index is 5.40. The largest absolute Gasteiger partial charge is 0.497 e. The first kappa shape index (κ1) is 17.3. The Labute approximate surface area is 149 Å². The number of ether oxygens (including phenoxy) is 2. The summed E-state index contributed by atoms with van der Waals surface area (Å²) in [5.74, 6) is 1.61. The highest BCUT2D eigenvalue weighted by Crippen LogP contribution is 2.22. The van der Waals surface area contributed by atoms with Crippen LogP contribution in [-0.4, -0.2) is 51.6 Å². The minimum absolute atomic E-state index is 0.804. The van der Waals surface area contributed by atoms with E-state index in [-0.39, 0.29) is 0 Å². The van der Waals surface area contributed by atoms with Gasteiger partial charge in [0.2, 0.25) is 0 Å². The maximum atomic E-state index is 5.40. The lowest BCUT2D eigenvalue weighted by Gasteiger charge is -2.30. The summed E-state index contributed by atoms with van der Waals surface area (Å²) >= 11 is 0. The van der Waals surface area contributed by atoms with E-state index in [0.29, 0.717) is 0 Å². The molecule has 2 aromatic carbocycles. The van der Waals surface area contributed by atoms with Gasteiger partial charge in [-0.3, -0.25) is 5.01 Å². The zero-order chi connectivity index (χ0) is 17.5. The van der Waals surface area contributed by atoms with Gasteiger partial charge in [0, 0.05) is 11.1 Å². The van der Waals surface area contributed by atoms with Crippen molar-refractivity contribution >= 4 is 6.21 Å². The normalized spacial score (nSPS) is 15.5. The van der Waals surface area contributed by atoms with Gasteiger partial charge in [-0.2, -0.15) is 5.10 Å². The molecule has 132 valence electrons. The number of hydrogen-bond donors (Lipinski definition) is 1. The third-order valence-corrected chi connectivity index (χ3v) is 4.54. The molecule has 0 aliphatic carbocycles. The molecular weight excluding hydrogens is 314 g/mol. The van der Waals surface area contributed by atoms with Crippen LogP contribution in [0.2, 0.25) is 0 Å². The molecule has 0 unspecified atom stereocenters. The van der Waals surface area contributed by atoms with E-state index in [2.05, 4.69) is 40.4 Å². The third-order valence-electron chi connectivity index (χ3n) is 4.54. The average Bonchev–Trinajstić information content (AvgIpc) is 2.68. The number of rotatable bonds is 6. The average molecular weight is 340 g/mol. The van der Waals surface area contributed by atoms with Crippen LogP contribution < -0.4 is 14.4 Å². The van der Waals surface area contributed by atoms with E-state index in [1.165, 1.54) is 5.56 Å². The predicted octanol–water partition coefficient (Wildman–Crippen LogP) is 1.44. The topological polar surface area (TPSA) is 38.5 Å². The Morgan fingerprint density at radius 1 is 1.04 bits per heavy atom. The van der Waals surface area contributed by atoms with Gasteiger partial charge in [0.25, 0.3) is 0 Å². The Hall–Kier alpha value is -2.53. The molecule has 1 aliphatic heterocycles. The van der Waals surface area contributed by atoms with Crippen LogP contribution in [0.15, 0.2) is 53.6 Å². The molecule has 1 fully saturated rings. The molecule has 0 saturated carbocycles. The maximum Gasteiger partial charge on any atom is 0.127 e. The van der Waals surface area contributed by atoms with Gasteiger partial charge in [0.1, 0.15) is 18.0 Å². The van der Waals surface area contributed by atoms with Crippen LogP contribution in [-0.2, 0) is 6.54 Å². The van der Waals surface area contributed by atoms with E-state index in [1.54, 1.807) is 19.1 Å². The summed E-state index contributed by atoms with van der Waals surface area (Å²) in [5, 5.41) is 6.77. The fourth-order valence-electron chi connectivity index (χ4n) is 3.07. The number of quaternary nitrogens is 1. The van der Waals surface area contributed by atoms with Crippen molar-refractivity contribution in [2.45, 2.75) is 6.54 Å². The van der Waals surface area contributed by atoms with Gasteiger partial charge in [-0.05, 0) is 18.2 Å². The number of methoxy groups -OCH3 is 2. The molecule has 25 heavy (non-hydrogen) atoms. The lowest BCUT2D eigenvalue weighted by atomic mass is 10.2. The Kier molecular flexibility index (Phi) is 5.90. The van der Waals surface area contributed by atoms with Crippen LogP contribution in [0.1, 0.15) is 11.1 Å². The summed E-state index contributed by atoms with van der Waals surface area (Å²) in [4.78, 5) is 1.61. The number of hydrazone groups is 1. The molecule has 2 aromatic rings. The van der Waals surface area contributed by atoms with Crippen molar-refractivity contribution < 1.29 is 14.4 Å². The zero-order valence-electron chi connectivity index (χ0n) is 14.9. The number of benzene rings is 2. The smallest absolute Gasteiger partial charge is 0.127 e. The molecule has 0 radical (unpaired) electrons. The molecule has 1 N–H and O–H groups in total. The quantitative estimate of drug-likeness (QED) is 0.809. The highest BCUT2D eigenvalue weighted by atomic mass is 16.5. The molecule has 0 amide bonds. The Morgan fingerprint density at radius 3 is 2.48 bits per heavy atom. The van der Waals surface area contributed by atoms with Gasteiger partial charge >= 0.3 is 0 Å². The van der Waals surface area contributed by atoms with Crippen molar-refractivity contribution in [2.24, 2.45) is 5.10 Å². The van der Waals surface area contributed by atoms with E-state index in [4.69, 9.17) is 9.47 Å². The van der Waals surface area contributed by atoms with E-state index >= 15 is 0 Å². The van der Waals surface area contributed by atoms with Crippen LogP contribution >= 0.6 is 0 Å². The summed E-state index contributed by atoms with van der Waals surface area (Å²) in [6, 6.07) is 16.4. The summed E-state index contributed by atoms with van der Waals surface area (Å²) < 4.78 is 10.7. The van der Waals surface area contributed by atoms with Crippen LogP contribution in [0.5, 0.6) is 11.5 Å². The number of hydrogen-bond acceptors (Lipinski definition) is 4. The van der Waals surface area contributed by atoms with Gasteiger partial charge < -0.3 is 14.4 Å². The summed E-state index contributed by atoms with van der Waals surface area (Å²) in [6.07, 6.45) is 1.86. The van der Waals surface area contributed by atoms with Crippen molar-refractivity contribution in [1.29, 1.82) is 0 Å². The number of nitrogens with zero attached hydrogens (tertiary/aromatic N) is 2. The highest BCUT2D eigenvalue weighted by Gasteiger charge is 2.18. The van der Waals surface area contributed by atoms with E-state index < -0.39 is 0 Å². The molecule has 0 aromatic heterocycles. The number of nitrogens with one attached hydrogen (secondary N) is 1. The fraction of sp³-hybridized carbons (Fsp3) is 0.350. The molecule has 1 aliphatic rings. The standard InChI is InChI=1S/C20H25N3O2/c1-24-19-8-9-20(25-2)18(14-19)15-21-23-12-10-22(11-13-23)16-17-6-4-3-5-7-17/h3-9,14-15H,10-13,16H2,1-2H3/p+1/b21-15-. The minimum atomic E-state index is 0.804. The lowest BCUT2D eigenvalue weighted by Crippen LogP contribution is -3.13. The van der Waals surface area contributed by atoms with Crippen molar-refractivity contribution in [3.8, 4) is 11.5 Å². The first-order valence-corrected chi connectivity index (χ1v) is 8.67. The summed E-state index contributed by atoms with van der Waals surface area (Å²) in [5.41, 5.74) is 2.33. The second kappa shape index (κ2) is 8.53. The molecule has 5 nitrogen and oxygen atoms in total. The zero-order valence-corrected chi connectivity index (χ0v) is 14.9. The SMILES string of the molecule is COc1ccc(OC)c(/C=N\N2CC[NH+](Cc3ccccc3)CC2)c1. The minimum Gasteiger partial charge on any atom is -0.497 e. The van der Waals surface area contributed by atoms with Crippen LogP contribution in [0.3, 0.4) is 0 Å². The monoisotopic (exact) mass is 340 g/mol. The fourth-order valence-corrected chi connectivity index (χ4v) is 3.07. The lowest BCUT2D eigenvalue weighted by molar-refractivity contribution is -0.918. The summed E-state index contributed by atoms with van der Waals surface area (Å²) in [6.45, 7) is 5.21. The van der Waals surface area contributed by atoms with Gasteiger partial charge in [-0.15, -0.1) is 0 Å². The predicted molar refractivity (Wildman–Crippen MR) is 99.6 cm³/mol. The second-order valence-electron chi connectivity index (χ2n) is 6.22. The highest BCUT2D eigenvalue weighted by molar-refractivity contribution is 5.84. The van der Waals surface area contributed by atoms with Gasteiger partial charge in [0.15, 0.2) is 0 Å². The molecule has 0 bridgehead atoms. The Balaban J connectivity index is 1.56. The Bertz CT molecular complexity index is 695. The Morgan fingerprint density at radius 2 is 1.80 bits per heavy atom.